The number of carbonyl (C=O) groups excluding carboxylic acids is 1. The number of rotatable bonds is 4. The molecule has 1 amide bonds. The van der Waals surface area contributed by atoms with Gasteiger partial charge in [-0.1, -0.05) is 36.9 Å². The molecule has 0 unspecified atom stereocenters. The molecule has 2 aromatic heterocycles. The van der Waals surface area contributed by atoms with Crippen molar-refractivity contribution < 1.29 is 9.32 Å². The van der Waals surface area contributed by atoms with Crippen molar-refractivity contribution in [2.45, 2.75) is 51.0 Å². The topological polar surface area (TPSA) is 80.9 Å². The molecule has 0 aromatic carbocycles. The Labute approximate surface area is 141 Å². The zero-order valence-corrected chi connectivity index (χ0v) is 13.9. The first-order valence-corrected chi connectivity index (χ1v) is 8.40. The maximum Gasteiger partial charge on any atom is 0.244 e. The van der Waals surface area contributed by atoms with Gasteiger partial charge in [0.25, 0.3) is 0 Å². The highest BCUT2D eigenvalue weighted by atomic mass is 16.5. The molecule has 1 fully saturated rings. The molecule has 1 saturated carbocycles. The molecule has 0 bridgehead atoms. The predicted molar refractivity (Wildman–Crippen MR) is 89.8 cm³/mol. The predicted octanol–water partition coefficient (Wildman–Crippen LogP) is 3.15. The summed E-state index contributed by atoms with van der Waals surface area (Å²) in [4.78, 5) is 21.0. The number of aromatic nitrogens is 3. The third-order valence-electron chi connectivity index (χ3n) is 4.37. The number of aryl methyl sites for hydroxylation is 1. The Morgan fingerprint density at radius 3 is 2.67 bits per heavy atom. The monoisotopic (exact) mass is 326 g/mol. The van der Waals surface area contributed by atoms with Crippen LogP contribution < -0.4 is 5.32 Å². The lowest BCUT2D eigenvalue weighted by molar-refractivity contribution is -0.118. The van der Waals surface area contributed by atoms with Gasteiger partial charge in [0.1, 0.15) is 5.54 Å². The van der Waals surface area contributed by atoms with Gasteiger partial charge in [-0.05, 0) is 31.1 Å². The summed E-state index contributed by atoms with van der Waals surface area (Å²) in [5.74, 6) is 0.943. The first kappa shape index (κ1) is 16.4. The molecule has 24 heavy (non-hydrogen) atoms. The number of hydrogen-bond acceptors (Lipinski definition) is 5. The average Bonchev–Trinajstić information content (AvgIpc) is 2.90. The zero-order valence-electron chi connectivity index (χ0n) is 13.9. The van der Waals surface area contributed by atoms with Gasteiger partial charge in [-0.25, -0.2) is 0 Å². The van der Waals surface area contributed by atoms with Crippen LogP contribution in [0.5, 0.6) is 0 Å². The molecule has 2 aromatic rings. The summed E-state index contributed by atoms with van der Waals surface area (Å²) in [6, 6.07) is 5.59. The van der Waals surface area contributed by atoms with Crippen LogP contribution in [0.4, 0.5) is 0 Å². The zero-order chi connectivity index (χ0) is 16.8. The van der Waals surface area contributed by atoms with Crippen LogP contribution in [0.2, 0.25) is 0 Å². The molecule has 0 radical (unpaired) electrons. The summed E-state index contributed by atoms with van der Waals surface area (Å²) in [5, 5.41) is 7.22. The van der Waals surface area contributed by atoms with Gasteiger partial charge in [0, 0.05) is 19.2 Å². The third-order valence-corrected chi connectivity index (χ3v) is 4.37. The minimum Gasteiger partial charge on any atom is -0.340 e. The quantitative estimate of drug-likeness (QED) is 0.689. The van der Waals surface area contributed by atoms with Crippen molar-refractivity contribution in [2.75, 3.05) is 0 Å². The Bertz CT molecular complexity index is 701. The van der Waals surface area contributed by atoms with E-state index in [1.165, 1.54) is 6.08 Å². The number of carbonyl (C=O) groups is 1. The van der Waals surface area contributed by atoms with E-state index < -0.39 is 5.54 Å². The SMILES string of the molecule is Cc1nc(C2(NC(=O)/C=C/c3ccccn3)CCCCCC2)no1. The summed E-state index contributed by atoms with van der Waals surface area (Å²) in [5.41, 5.74) is 0.206. The van der Waals surface area contributed by atoms with Gasteiger partial charge < -0.3 is 9.84 Å². The van der Waals surface area contributed by atoms with E-state index in [1.807, 2.05) is 18.2 Å². The summed E-state index contributed by atoms with van der Waals surface area (Å²) < 4.78 is 5.15. The molecule has 2 heterocycles. The first-order chi connectivity index (χ1) is 11.7. The van der Waals surface area contributed by atoms with Crippen LogP contribution in [0.3, 0.4) is 0 Å². The van der Waals surface area contributed by atoms with Crippen molar-refractivity contribution in [3.8, 4) is 0 Å². The van der Waals surface area contributed by atoms with E-state index in [4.69, 9.17) is 4.52 Å². The second-order valence-corrected chi connectivity index (χ2v) is 6.21. The van der Waals surface area contributed by atoms with Crippen LogP contribution in [0, 0.1) is 6.92 Å². The molecule has 0 spiro atoms. The van der Waals surface area contributed by atoms with E-state index in [-0.39, 0.29) is 5.91 Å². The minimum absolute atomic E-state index is 0.162. The number of pyridine rings is 1. The van der Waals surface area contributed by atoms with E-state index in [0.717, 1.165) is 44.2 Å². The fourth-order valence-electron chi connectivity index (χ4n) is 3.14. The second-order valence-electron chi connectivity index (χ2n) is 6.21. The highest BCUT2D eigenvalue weighted by molar-refractivity contribution is 5.92. The van der Waals surface area contributed by atoms with E-state index in [2.05, 4.69) is 20.4 Å². The first-order valence-electron chi connectivity index (χ1n) is 8.40. The lowest BCUT2D eigenvalue weighted by Crippen LogP contribution is -2.45. The number of nitrogens with zero attached hydrogens (tertiary/aromatic N) is 3. The molecule has 1 aliphatic rings. The van der Waals surface area contributed by atoms with E-state index in [9.17, 15) is 4.79 Å². The van der Waals surface area contributed by atoms with Crippen LogP contribution in [0.1, 0.15) is 55.9 Å². The van der Waals surface area contributed by atoms with Crippen molar-refractivity contribution in [3.63, 3.8) is 0 Å². The van der Waals surface area contributed by atoms with Crippen LogP contribution in [-0.4, -0.2) is 21.0 Å². The van der Waals surface area contributed by atoms with Crippen LogP contribution >= 0.6 is 0 Å². The average molecular weight is 326 g/mol. The van der Waals surface area contributed by atoms with Crippen molar-refractivity contribution in [2.24, 2.45) is 0 Å². The molecule has 0 saturated heterocycles. The lowest BCUT2D eigenvalue weighted by Gasteiger charge is -2.30. The molecule has 0 aliphatic heterocycles. The molecule has 6 heteroatoms. The van der Waals surface area contributed by atoms with Gasteiger partial charge in [0.2, 0.25) is 11.8 Å². The second kappa shape index (κ2) is 7.38. The minimum atomic E-state index is -0.542. The normalized spacial score (nSPS) is 17.5. The Balaban J connectivity index is 1.78. The van der Waals surface area contributed by atoms with Gasteiger partial charge >= 0.3 is 0 Å². The Hall–Kier alpha value is -2.50. The Morgan fingerprint density at radius 2 is 2.04 bits per heavy atom. The summed E-state index contributed by atoms with van der Waals surface area (Å²) in [6.07, 6.45) is 11.0. The van der Waals surface area contributed by atoms with Crippen molar-refractivity contribution >= 4 is 12.0 Å². The number of nitrogens with one attached hydrogen (secondary N) is 1. The van der Waals surface area contributed by atoms with Gasteiger partial charge in [0.05, 0.1) is 5.69 Å². The smallest absolute Gasteiger partial charge is 0.244 e. The molecule has 1 aliphatic carbocycles. The van der Waals surface area contributed by atoms with Crippen LogP contribution in [0.15, 0.2) is 35.0 Å². The summed E-state index contributed by atoms with van der Waals surface area (Å²) in [7, 11) is 0. The maximum absolute atomic E-state index is 12.5. The summed E-state index contributed by atoms with van der Waals surface area (Å²) in [6.45, 7) is 1.77. The largest absolute Gasteiger partial charge is 0.340 e. The Morgan fingerprint density at radius 1 is 1.25 bits per heavy atom. The van der Waals surface area contributed by atoms with Crippen LogP contribution in [-0.2, 0) is 10.3 Å². The molecular formula is C18H22N4O2. The molecule has 126 valence electrons. The van der Waals surface area contributed by atoms with Gasteiger partial charge in [-0.3, -0.25) is 9.78 Å². The number of hydrogen-bond donors (Lipinski definition) is 1. The summed E-state index contributed by atoms with van der Waals surface area (Å²) >= 11 is 0. The Kier molecular flexibility index (Phi) is 5.03. The van der Waals surface area contributed by atoms with Crippen molar-refractivity contribution in [3.05, 3.63) is 47.9 Å². The molecule has 0 atom stereocenters. The third kappa shape index (κ3) is 3.88. The van der Waals surface area contributed by atoms with Crippen molar-refractivity contribution in [1.29, 1.82) is 0 Å². The molecule has 3 rings (SSSR count). The van der Waals surface area contributed by atoms with Crippen LogP contribution in [0.25, 0.3) is 6.08 Å². The maximum atomic E-state index is 12.5. The standard InChI is InChI=1S/C18H22N4O2/c1-14-20-17(22-24-14)18(11-5-2-3-6-12-18)21-16(23)10-9-15-8-4-7-13-19-15/h4,7-10,13H,2-3,5-6,11-12H2,1H3,(H,21,23)/b10-9+. The van der Waals surface area contributed by atoms with E-state index in [0.29, 0.717) is 11.7 Å². The fourth-order valence-corrected chi connectivity index (χ4v) is 3.14. The molecule has 1 N–H and O–H groups in total. The van der Waals surface area contributed by atoms with Gasteiger partial charge in [-0.15, -0.1) is 0 Å². The lowest BCUT2D eigenvalue weighted by atomic mass is 9.89. The highest BCUT2D eigenvalue weighted by Crippen LogP contribution is 2.34. The van der Waals surface area contributed by atoms with Gasteiger partial charge in [-0.2, -0.15) is 4.98 Å². The van der Waals surface area contributed by atoms with Crippen molar-refractivity contribution in [1.82, 2.24) is 20.4 Å². The van der Waals surface area contributed by atoms with E-state index in [1.54, 1.807) is 19.2 Å². The molecular weight excluding hydrogens is 304 g/mol. The fraction of sp³-hybridized carbons (Fsp3) is 0.444. The van der Waals surface area contributed by atoms with E-state index >= 15 is 0 Å². The molecule has 6 nitrogen and oxygen atoms in total. The highest BCUT2D eigenvalue weighted by Gasteiger charge is 2.38. The number of amides is 1. The van der Waals surface area contributed by atoms with Gasteiger partial charge in [0.15, 0.2) is 5.82 Å².